The van der Waals surface area contributed by atoms with Gasteiger partial charge in [-0.1, -0.05) is 6.07 Å². The van der Waals surface area contributed by atoms with E-state index in [2.05, 4.69) is 20.3 Å². The van der Waals surface area contributed by atoms with E-state index in [0.717, 1.165) is 22.5 Å². The lowest BCUT2D eigenvalue weighted by Gasteiger charge is -2.10. The van der Waals surface area contributed by atoms with Crippen molar-refractivity contribution in [2.24, 2.45) is 0 Å². The van der Waals surface area contributed by atoms with Gasteiger partial charge in [0.05, 0.1) is 0 Å². The summed E-state index contributed by atoms with van der Waals surface area (Å²) in [5, 5.41) is 3.40. The molecule has 0 spiro atoms. The minimum absolute atomic E-state index is 0.0292. The van der Waals surface area contributed by atoms with Crippen LogP contribution in [-0.2, 0) is 12.7 Å². The van der Waals surface area contributed by atoms with Gasteiger partial charge in [0, 0.05) is 24.3 Å². The largest absolute Gasteiger partial charge is 0.433 e. The fourth-order valence-corrected chi connectivity index (χ4v) is 2.24. The van der Waals surface area contributed by atoms with Crippen molar-refractivity contribution in [3.05, 3.63) is 53.1 Å². The second kappa shape index (κ2) is 5.49. The van der Waals surface area contributed by atoms with Crippen molar-refractivity contribution in [2.45, 2.75) is 12.7 Å². The van der Waals surface area contributed by atoms with Crippen molar-refractivity contribution in [2.75, 3.05) is 5.32 Å². The van der Waals surface area contributed by atoms with Gasteiger partial charge in [0.2, 0.25) is 5.28 Å². The Kier molecular flexibility index (Phi) is 3.66. The van der Waals surface area contributed by atoms with E-state index >= 15 is 0 Å². The lowest BCUT2D eigenvalue weighted by molar-refractivity contribution is -0.141. The molecule has 0 fully saturated rings. The van der Waals surface area contributed by atoms with Crippen LogP contribution in [0.5, 0.6) is 0 Å². The lowest BCUT2D eigenvalue weighted by atomic mass is 10.1. The third kappa shape index (κ3) is 3.14. The molecule has 0 unspecified atom stereocenters. The minimum atomic E-state index is -4.56. The smallest absolute Gasteiger partial charge is 0.366 e. The van der Waals surface area contributed by atoms with E-state index in [1.54, 1.807) is 0 Å². The van der Waals surface area contributed by atoms with Crippen molar-refractivity contribution < 1.29 is 13.2 Å². The minimum Gasteiger partial charge on any atom is -0.366 e. The maximum Gasteiger partial charge on any atom is 0.433 e. The van der Waals surface area contributed by atoms with Crippen LogP contribution < -0.4 is 5.32 Å². The highest BCUT2D eigenvalue weighted by Gasteiger charge is 2.33. The number of rotatable bonds is 3. The van der Waals surface area contributed by atoms with Crippen molar-refractivity contribution in [3.8, 4) is 0 Å². The number of halogens is 4. The summed E-state index contributed by atoms with van der Waals surface area (Å²) in [5.74, 6) is 0.0292. The average Bonchev–Trinajstić information content (AvgIpc) is 2.91. The summed E-state index contributed by atoms with van der Waals surface area (Å²) < 4.78 is 38.0. The Balaban J connectivity index is 1.79. The topological polar surface area (TPSA) is 53.6 Å². The summed E-state index contributed by atoms with van der Waals surface area (Å²) in [6.45, 7) is 0.325. The molecule has 2 heterocycles. The van der Waals surface area contributed by atoms with Crippen LogP contribution in [0.3, 0.4) is 0 Å². The molecule has 1 aromatic carbocycles. The number of nitrogens with zero attached hydrogens (tertiary/aromatic N) is 2. The molecule has 3 aromatic rings. The van der Waals surface area contributed by atoms with Crippen molar-refractivity contribution in [1.82, 2.24) is 15.0 Å². The number of anilines is 1. The molecule has 4 nitrogen and oxygen atoms in total. The van der Waals surface area contributed by atoms with E-state index in [-0.39, 0.29) is 5.82 Å². The zero-order valence-electron chi connectivity index (χ0n) is 11.1. The molecule has 0 amide bonds. The van der Waals surface area contributed by atoms with Gasteiger partial charge in [-0.3, -0.25) is 0 Å². The molecule has 2 aromatic heterocycles. The molecule has 8 heteroatoms. The molecular weight excluding hydrogens is 317 g/mol. The summed E-state index contributed by atoms with van der Waals surface area (Å²) in [4.78, 5) is 10.00. The van der Waals surface area contributed by atoms with Gasteiger partial charge in [0.1, 0.15) is 5.82 Å². The first-order valence-corrected chi connectivity index (χ1v) is 6.71. The summed E-state index contributed by atoms with van der Waals surface area (Å²) in [5.41, 5.74) is 0.833. The van der Waals surface area contributed by atoms with E-state index in [9.17, 15) is 13.2 Å². The summed E-state index contributed by atoms with van der Waals surface area (Å²) in [6.07, 6.45) is -2.74. The summed E-state index contributed by atoms with van der Waals surface area (Å²) in [6, 6.07) is 8.47. The number of nitrogens with one attached hydrogen (secondary N) is 2. The van der Waals surface area contributed by atoms with E-state index < -0.39 is 17.2 Å². The molecule has 0 aliphatic rings. The highest BCUT2D eigenvalue weighted by atomic mass is 35.5. The number of H-pyrrole nitrogens is 1. The second-order valence-electron chi connectivity index (χ2n) is 4.66. The Labute approximate surface area is 128 Å². The monoisotopic (exact) mass is 326 g/mol. The zero-order chi connectivity index (χ0) is 15.7. The molecule has 3 rings (SSSR count). The number of aromatic nitrogens is 3. The first-order chi connectivity index (χ1) is 10.4. The molecule has 0 atom stereocenters. The summed E-state index contributed by atoms with van der Waals surface area (Å²) in [7, 11) is 0. The average molecular weight is 327 g/mol. The summed E-state index contributed by atoms with van der Waals surface area (Å²) >= 11 is 5.53. The van der Waals surface area contributed by atoms with Gasteiger partial charge in [0.25, 0.3) is 0 Å². The Morgan fingerprint density at radius 3 is 2.73 bits per heavy atom. The van der Waals surface area contributed by atoms with Gasteiger partial charge in [-0.05, 0) is 40.7 Å². The molecule has 0 radical (unpaired) electrons. The Bertz CT molecular complexity index is 813. The second-order valence-corrected chi connectivity index (χ2v) is 5.00. The number of aromatic amines is 1. The Morgan fingerprint density at radius 2 is 1.95 bits per heavy atom. The van der Waals surface area contributed by atoms with E-state index in [0.29, 0.717) is 6.54 Å². The lowest BCUT2D eigenvalue weighted by Crippen LogP contribution is -2.11. The normalized spacial score (nSPS) is 11.8. The van der Waals surface area contributed by atoms with Crippen LogP contribution in [0.2, 0.25) is 5.28 Å². The number of hydrogen-bond acceptors (Lipinski definition) is 3. The van der Waals surface area contributed by atoms with Crippen LogP contribution in [0.25, 0.3) is 10.9 Å². The standard InChI is InChI=1S/C14H10ClF3N4/c15-13-21-11(14(16,17)18)6-12(22-13)20-7-8-1-2-10-9(5-8)3-4-19-10/h1-6,19H,7H2,(H,20,21,22). The first-order valence-electron chi connectivity index (χ1n) is 6.33. The Morgan fingerprint density at radius 1 is 1.14 bits per heavy atom. The van der Waals surface area contributed by atoms with Gasteiger partial charge < -0.3 is 10.3 Å². The van der Waals surface area contributed by atoms with E-state index in [4.69, 9.17) is 11.6 Å². The van der Waals surface area contributed by atoms with Gasteiger partial charge in [0.15, 0.2) is 5.69 Å². The molecule has 2 N–H and O–H groups in total. The van der Waals surface area contributed by atoms with E-state index in [1.807, 2.05) is 30.5 Å². The third-order valence-corrected chi connectivity index (χ3v) is 3.25. The zero-order valence-corrected chi connectivity index (χ0v) is 11.8. The van der Waals surface area contributed by atoms with Crippen LogP contribution in [-0.4, -0.2) is 15.0 Å². The molecular formula is C14H10ClF3N4. The molecule has 114 valence electrons. The first kappa shape index (κ1) is 14.6. The van der Waals surface area contributed by atoms with Crippen LogP contribution in [0, 0.1) is 0 Å². The van der Waals surface area contributed by atoms with Gasteiger partial charge in [-0.15, -0.1) is 0 Å². The highest BCUT2D eigenvalue weighted by molar-refractivity contribution is 6.28. The van der Waals surface area contributed by atoms with Crippen LogP contribution in [0.4, 0.5) is 19.0 Å². The third-order valence-electron chi connectivity index (χ3n) is 3.08. The van der Waals surface area contributed by atoms with Crippen LogP contribution in [0.1, 0.15) is 11.3 Å². The molecule has 0 saturated carbocycles. The Hall–Kier alpha value is -2.28. The molecule has 0 aliphatic carbocycles. The number of benzene rings is 1. The van der Waals surface area contributed by atoms with Crippen LogP contribution >= 0.6 is 11.6 Å². The van der Waals surface area contributed by atoms with E-state index in [1.165, 1.54) is 0 Å². The van der Waals surface area contributed by atoms with Gasteiger partial charge in [-0.25, -0.2) is 9.97 Å². The number of hydrogen-bond donors (Lipinski definition) is 2. The van der Waals surface area contributed by atoms with Gasteiger partial charge in [-0.2, -0.15) is 13.2 Å². The predicted molar refractivity (Wildman–Crippen MR) is 77.7 cm³/mol. The maximum atomic E-state index is 12.7. The quantitative estimate of drug-likeness (QED) is 0.708. The van der Waals surface area contributed by atoms with Crippen molar-refractivity contribution in [1.29, 1.82) is 0 Å². The SMILES string of the molecule is FC(F)(F)c1cc(NCc2ccc3[nH]ccc3c2)nc(Cl)n1. The van der Waals surface area contributed by atoms with Crippen molar-refractivity contribution >= 4 is 28.3 Å². The van der Waals surface area contributed by atoms with Gasteiger partial charge >= 0.3 is 6.18 Å². The molecule has 0 aliphatic heterocycles. The van der Waals surface area contributed by atoms with Crippen molar-refractivity contribution in [3.63, 3.8) is 0 Å². The predicted octanol–water partition coefficient (Wildman–Crippen LogP) is 4.24. The maximum absolute atomic E-state index is 12.7. The fraction of sp³-hybridized carbons (Fsp3) is 0.143. The fourth-order valence-electron chi connectivity index (χ4n) is 2.06. The molecule has 22 heavy (non-hydrogen) atoms. The number of fused-ring (bicyclic) bond motifs is 1. The highest BCUT2D eigenvalue weighted by Crippen LogP contribution is 2.29. The van der Waals surface area contributed by atoms with Crippen LogP contribution in [0.15, 0.2) is 36.5 Å². The molecule has 0 saturated heterocycles. The number of alkyl halides is 3. The molecule has 0 bridgehead atoms.